The fourth-order valence-corrected chi connectivity index (χ4v) is 2.66. The van der Waals surface area contributed by atoms with Gasteiger partial charge in [-0.3, -0.25) is 0 Å². The monoisotopic (exact) mass is 261 g/mol. The Hall–Kier alpha value is -1.85. The Morgan fingerprint density at radius 3 is 2.84 bits per heavy atom. The maximum absolute atomic E-state index is 12.2. The van der Waals surface area contributed by atoms with Crippen LogP contribution in [-0.2, 0) is 31.2 Å². The second-order valence-electron chi connectivity index (χ2n) is 4.45. The van der Waals surface area contributed by atoms with E-state index in [1.807, 2.05) is 24.4 Å². The van der Waals surface area contributed by atoms with E-state index in [0.717, 1.165) is 16.5 Å². The molecule has 0 radical (unpaired) electrons. The Morgan fingerprint density at radius 1 is 1.32 bits per heavy atom. The molecule has 1 aliphatic heterocycles. The van der Waals surface area contributed by atoms with Gasteiger partial charge in [-0.1, -0.05) is 12.1 Å². The van der Waals surface area contributed by atoms with E-state index < -0.39 is 11.8 Å². The van der Waals surface area contributed by atoms with E-state index in [9.17, 15) is 4.79 Å². The molecule has 0 unspecified atom stereocenters. The molecule has 2 heterocycles. The number of benzene rings is 1. The van der Waals surface area contributed by atoms with Crippen molar-refractivity contribution in [3.63, 3.8) is 0 Å². The van der Waals surface area contributed by atoms with Gasteiger partial charge in [0.2, 0.25) is 0 Å². The predicted octanol–water partition coefficient (Wildman–Crippen LogP) is 1.71. The third kappa shape index (κ3) is 1.59. The first-order valence-corrected chi connectivity index (χ1v) is 6.10. The van der Waals surface area contributed by atoms with Crippen LogP contribution < -0.4 is 0 Å². The Balaban J connectivity index is 2.37. The van der Waals surface area contributed by atoms with Gasteiger partial charge in [0.1, 0.15) is 0 Å². The van der Waals surface area contributed by atoms with Gasteiger partial charge in [-0.15, -0.1) is 0 Å². The highest BCUT2D eigenvalue weighted by molar-refractivity contribution is 5.93. The number of carbonyl (C=O) groups excluding carboxylic acids is 1. The number of rotatable bonds is 2. The van der Waals surface area contributed by atoms with Crippen LogP contribution in [0.25, 0.3) is 10.9 Å². The van der Waals surface area contributed by atoms with Crippen molar-refractivity contribution in [3.05, 3.63) is 35.5 Å². The first-order valence-electron chi connectivity index (χ1n) is 6.10. The van der Waals surface area contributed by atoms with Gasteiger partial charge in [-0.2, -0.15) is 0 Å². The number of H-pyrrole nitrogens is 1. The van der Waals surface area contributed by atoms with Crippen molar-refractivity contribution >= 4 is 16.9 Å². The summed E-state index contributed by atoms with van der Waals surface area (Å²) in [6.45, 7) is 0.314. The summed E-state index contributed by atoms with van der Waals surface area (Å²) in [5.74, 6) is -2.02. The fourth-order valence-electron chi connectivity index (χ4n) is 2.66. The molecule has 100 valence electrons. The Bertz CT molecular complexity index is 627. The summed E-state index contributed by atoms with van der Waals surface area (Å²) >= 11 is 0. The minimum Gasteiger partial charge on any atom is -0.461 e. The van der Waals surface area contributed by atoms with Crippen LogP contribution in [0.5, 0.6) is 0 Å². The van der Waals surface area contributed by atoms with Crippen molar-refractivity contribution in [1.82, 2.24) is 4.98 Å². The topological polar surface area (TPSA) is 60.6 Å². The predicted molar refractivity (Wildman–Crippen MR) is 68.7 cm³/mol. The highest BCUT2D eigenvalue weighted by Gasteiger charge is 2.45. The van der Waals surface area contributed by atoms with Crippen molar-refractivity contribution in [2.75, 3.05) is 20.8 Å². The molecule has 1 N–H and O–H groups in total. The van der Waals surface area contributed by atoms with Crippen LogP contribution in [-0.4, -0.2) is 31.8 Å². The lowest BCUT2D eigenvalue weighted by atomic mass is 9.96. The van der Waals surface area contributed by atoms with E-state index in [0.29, 0.717) is 18.6 Å². The average molecular weight is 261 g/mol. The van der Waals surface area contributed by atoms with Crippen LogP contribution in [0.3, 0.4) is 0 Å². The molecule has 0 amide bonds. The Morgan fingerprint density at radius 2 is 2.11 bits per heavy atom. The van der Waals surface area contributed by atoms with E-state index in [2.05, 4.69) is 4.98 Å². The number of hydrogen-bond acceptors (Lipinski definition) is 4. The van der Waals surface area contributed by atoms with Crippen molar-refractivity contribution in [1.29, 1.82) is 0 Å². The highest BCUT2D eigenvalue weighted by atomic mass is 16.7. The Labute approximate surface area is 110 Å². The molecule has 5 nitrogen and oxygen atoms in total. The molecule has 3 rings (SSSR count). The minimum absolute atomic E-state index is 0.314. The molecule has 5 heteroatoms. The zero-order valence-corrected chi connectivity index (χ0v) is 10.9. The van der Waals surface area contributed by atoms with Gasteiger partial charge >= 0.3 is 5.97 Å². The van der Waals surface area contributed by atoms with E-state index in [4.69, 9.17) is 14.2 Å². The van der Waals surface area contributed by atoms with Crippen LogP contribution in [0.15, 0.2) is 24.4 Å². The molecule has 1 aromatic heterocycles. The summed E-state index contributed by atoms with van der Waals surface area (Å²) in [7, 11) is 2.88. The summed E-state index contributed by atoms with van der Waals surface area (Å²) in [5.41, 5.74) is 2.73. The quantitative estimate of drug-likeness (QED) is 0.660. The molecule has 1 aliphatic rings. The molecule has 0 bridgehead atoms. The molecule has 0 atom stereocenters. The third-order valence-corrected chi connectivity index (χ3v) is 3.59. The summed E-state index contributed by atoms with van der Waals surface area (Å²) in [6, 6.07) is 5.66. The molecule has 0 spiro atoms. The zero-order chi connectivity index (χ0) is 13.5. The number of hydrogen-bond donors (Lipinski definition) is 1. The van der Waals surface area contributed by atoms with Crippen LogP contribution in [0.1, 0.15) is 11.1 Å². The van der Waals surface area contributed by atoms with Crippen LogP contribution in [0, 0.1) is 0 Å². The number of aromatic amines is 1. The second kappa shape index (κ2) is 4.36. The summed E-state index contributed by atoms with van der Waals surface area (Å²) in [5, 5.41) is 0.975. The number of nitrogens with one attached hydrogen (secondary N) is 1. The molecule has 1 aromatic carbocycles. The average Bonchev–Trinajstić information content (AvgIpc) is 2.83. The number of aromatic nitrogens is 1. The molecule has 0 aliphatic carbocycles. The summed E-state index contributed by atoms with van der Waals surface area (Å²) in [6.07, 6.45) is 2.61. The second-order valence-corrected chi connectivity index (χ2v) is 4.45. The van der Waals surface area contributed by atoms with Gasteiger partial charge in [-0.05, 0) is 11.6 Å². The van der Waals surface area contributed by atoms with Crippen LogP contribution in [0.4, 0.5) is 0 Å². The lowest BCUT2D eigenvalue weighted by molar-refractivity contribution is -0.235. The molecule has 2 aromatic rings. The first kappa shape index (κ1) is 12.2. The van der Waals surface area contributed by atoms with Crippen LogP contribution in [0.2, 0.25) is 0 Å². The van der Waals surface area contributed by atoms with Crippen molar-refractivity contribution < 1.29 is 19.0 Å². The largest absolute Gasteiger partial charge is 0.461 e. The van der Waals surface area contributed by atoms with Gasteiger partial charge in [0.25, 0.3) is 5.79 Å². The standard InChI is InChI=1S/C14H15NO4/c1-17-14(18-2)10-4-3-5-11-12(10)9(8-15-11)6-7-19-13(14)16/h3-5,8,15H,6-7H2,1-2H3. The number of methoxy groups -OCH3 is 2. The van der Waals surface area contributed by atoms with Crippen molar-refractivity contribution in [2.45, 2.75) is 12.2 Å². The molecule has 0 saturated carbocycles. The van der Waals surface area contributed by atoms with E-state index in [1.165, 1.54) is 14.2 Å². The van der Waals surface area contributed by atoms with Gasteiger partial charge in [0, 0.05) is 43.3 Å². The number of ether oxygens (including phenoxy) is 3. The number of esters is 1. The fraction of sp³-hybridized carbons (Fsp3) is 0.357. The highest BCUT2D eigenvalue weighted by Crippen LogP contribution is 2.36. The molecule has 0 saturated heterocycles. The maximum atomic E-state index is 12.2. The van der Waals surface area contributed by atoms with E-state index >= 15 is 0 Å². The van der Waals surface area contributed by atoms with Gasteiger partial charge < -0.3 is 19.2 Å². The molecular formula is C14H15NO4. The number of cyclic esters (lactones) is 1. The normalized spacial score (nSPS) is 17.9. The smallest absolute Gasteiger partial charge is 0.372 e. The van der Waals surface area contributed by atoms with Crippen molar-refractivity contribution in [3.8, 4) is 0 Å². The first-order chi connectivity index (χ1) is 9.23. The van der Waals surface area contributed by atoms with E-state index in [-0.39, 0.29) is 0 Å². The number of carbonyl (C=O) groups is 1. The Kier molecular flexibility index (Phi) is 2.80. The molecular weight excluding hydrogens is 246 g/mol. The molecule has 0 fully saturated rings. The van der Waals surface area contributed by atoms with Gasteiger partial charge in [-0.25, -0.2) is 4.79 Å². The SMILES string of the molecule is COC1(OC)C(=O)OCCc2c[nH]c3cccc1c23. The van der Waals surface area contributed by atoms with Crippen molar-refractivity contribution in [2.24, 2.45) is 0 Å². The summed E-state index contributed by atoms with van der Waals surface area (Å²) < 4.78 is 16.0. The maximum Gasteiger partial charge on any atom is 0.372 e. The van der Waals surface area contributed by atoms with Crippen LogP contribution >= 0.6 is 0 Å². The lowest BCUT2D eigenvalue weighted by Gasteiger charge is -2.30. The van der Waals surface area contributed by atoms with Gasteiger partial charge in [0.05, 0.1) is 6.61 Å². The molecule has 19 heavy (non-hydrogen) atoms. The van der Waals surface area contributed by atoms with Gasteiger partial charge in [0.15, 0.2) is 0 Å². The summed E-state index contributed by atoms with van der Waals surface area (Å²) in [4.78, 5) is 15.4. The lowest BCUT2D eigenvalue weighted by Crippen LogP contribution is -2.42. The van der Waals surface area contributed by atoms with E-state index in [1.54, 1.807) is 0 Å². The third-order valence-electron chi connectivity index (χ3n) is 3.59. The minimum atomic E-state index is -1.50. The zero-order valence-electron chi connectivity index (χ0n) is 10.9.